The fraction of sp³-hybridized carbons (Fsp3) is 0.750. The SMILES string of the molecule is CC(=O)CCc1nc(C2CN3CCN2CC3)no1. The molecule has 0 aromatic carbocycles. The first-order chi connectivity index (χ1) is 8.72. The van der Waals surface area contributed by atoms with Crippen molar-refractivity contribution in [3.05, 3.63) is 11.7 Å². The highest BCUT2D eigenvalue weighted by atomic mass is 16.5. The normalized spacial score (nSPS) is 30.6. The molecule has 4 rings (SSSR count). The van der Waals surface area contributed by atoms with Crippen molar-refractivity contribution >= 4 is 5.78 Å². The van der Waals surface area contributed by atoms with Gasteiger partial charge in [-0.05, 0) is 6.92 Å². The first kappa shape index (κ1) is 11.8. The molecule has 3 saturated heterocycles. The second-order valence-electron chi connectivity index (χ2n) is 5.10. The maximum absolute atomic E-state index is 10.9. The average Bonchev–Trinajstić information content (AvgIpc) is 2.86. The van der Waals surface area contributed by atoms with Crippen LogP contribution < -0.4 is 0 Å². The van der Waals surface area contributed by atoms with Crippen molar-refractivity contribution < 1.29 is 9.32 Å². The molecule has 3 fully saturated rings. The third-order valence-electron chi connectivity index (χ3n) is 3.75. The number of fused-ring (bicyclic) bond motifs is 3. The molecule has 3 aliphatic heterocycles. The van der Waals surface area contributed by atoms with Gasteiger partial charge in [-0.25, -0.2) is 0 Å². The highest BCUT2D eigenvalue weighted by Gasteiger charge is 2.35. The molecule has 0 saturated carbocycles. The van der Waals surface area contributed by atoms with Crippen molar-refractivity contribution in [3.63, 3.8) is 0 Å². The molecule has 1 unspecified atom stereocenters. The van der Waals surface area contributed by atoms with Crippen LogP contribution in [0, 0.1) is 0 Å². The molecule has 2 bridgehead atoms. The van der Waals surface area contributed by atoms with E-state index in [2.05, 4.69) is 19.9 Å². The Hall–Kier alpha value is -1.27. The van der Waals surface area contributed by atoms with Crippen LogP contribution in [0.3, 0.4) is 0 Å². The minimum atomic E-state index is 0.154. The fourth-order valence-electron chi connectivity index (χ4n) is 2.65. The molecule has 1 atom stereocenters. The average molecular weight is 250 g/mol. The van der Waals surface area contributed by atoms with Crippen LogP contribution in [0.5, 0.6) is 0 Å². The monoisotopic (exact) mass is 250 g/mol. The van der Waals surface area contributed by atoms with Crippen molar-refractivity contribution in [3.8, 4) is 0 Å². The number of hydrogen-bond donors (Lipinski definition) is 0. The summed E-state index contributed by atoms with van der Waals surface area (Å²) < 4.78 is 5.22. The predicted molar refractivity (Wildman–Crippen MR) is 64.1 cm³/mol. The van der Waals surface area contributed by atoms with Gasteiger partial charge in [0.05, 0.1) is 6.04 Å². The first-order valence-electron chi connectivity index (χ1n) is 6.51. The van der Waals surface area contributed by atoms with Gasteiger partial charge in [0.1, 0.15) is 5.78 Å². The number of piperazine rings is 3. The molecule has 6 heteroatoms. The number of aryl methyl sites for hydroxylation is 1. The number of aromatic nitrogens is 2. The molecule has 0 aliphatic carbocycles. The van der Waals surface area contributed by atoms with E-state index in [1.54, 1.807) is 6.92 Å². The Labute approximate surface area is 106 Å². The number of carbonyl (C=O) groups is 1. The van der Waals surface area contributed by atoms with Crippen LogP contribution in [0.1, 0.15) is 31.1 Å². The summed E-state index contributed by atoms with van der Waals surface area (Å²) in [5.74, 6) is 1.51. The van der Waals surface area contributed by atoms with Gasteiger partial charge in [0.15, 0.2) is 5.82 Å². The van der Waals surface area contributed by atoms with E-state index < -0.39 is 0 Å². The molecule has 1 aromatic rings. The van der Waals surface area contributed by atoms with Crippen molar-refractivity contribution in [1.82, 2.24) is 19.9 Å². The highest BCUT2D eigenvalue weighted by Crippen LogP contribution is 2.26. The predicted octanol–water partition coefficient (Wildman–Crippen LogP) is 0.264. The van der Waals surface area contributed by atoms with Gasteiger partial charge in [0.25, 0.3) is 0 Å². The number of carbonyl (C=O) groups excluding carboxylic acids is 1. The summed E-state index contributed by atoms with van der Waals surface area (Å²) in [5.41, 5.74) is 0. The standard InChI is InChI=1S/C12H18N4O2/c1-9(17)2-3-11-13-12(14-18-11)10-8-15-4-6-16(10)7-5-15/h10H,2-8H2,1H3. The van der Waals surface area contributed by atoms with E-state index in [-0.39, 0.29) is 11.8 Å². The minimum Gasteiger partial charge on any atom is -0.339 e. The second kappa shape index (κ2) is 4.78. The lowest BCUT2D eigenvalue weighted by atomic mass is 10.1. The molecule has 0 spiro atoms. The van der Waals surface area contributed by atoms with Crippen molar-refractivity contribution in [2.45, 2.75) is 25.8 Å². The Morgan fingerprint density at radius 3 is 2.78 bits per heavy atom. The quantitative estimate of drug-likeness (QED) is 0.764. The van der Waals surface area contributed by atoms with Gasteiger partial charge in [-0.15, -0.1) is 0 Å². The van der Waals surface area contributed by atoms with Crippen LogP contribution in [0.4, 0.5) is 0 Å². The van der Waals surface area contributed by atoms with E-state index >= 15 is 0 Å². The lowest BCUT2D eigenvalue weighted by molar-refractivity contribution is -0.117. The lowest BCUT2D eigenvalue weighted by Gasteiger charge is -2.46. The third-order valence-corrected chi connectivity index (χ3v) is 3.75. The van der Waals surface area contributed by atoms with E-state index in [0.717, 1.165) is 38.5 Å². The zero-order chi connectivity index (χ0) is 12.5. The van der Waals surface area contributed by atoms with E-state index in [4.69, 9.17) is 4.52 Å². The lowest BCUT2D eigenvalue weighted by Crippen LogP contribution is -2.57. The summed E-state index contributed by atoms with van der Waals surface area (Å²) in [4.78, 5) is 20.2. The molecule has 1 aromatic heterocycles. The number of nitrogens with zero attached hydrogens (tertiary/aromatic N) is 4. The molecule has 98 valence electrons. The highest BCUT2D eigenvalue weighted by molar-refractivity contribution is 5.75. The van der Waals surface area contributed by atoms with Crippen molar-refractivity contribution in [2.75, 3.05) is 32.7 Å². The van der Waals surface area contributed by atoms with Crippen LogP contribution >= 0.6 is 0 Å². The molecule has 0 radical (unpaired) electrons. The smallest absolute Gasteiger partial charge is 0.227 e. The maximum Gasteiger partial charge on any atom is 0.227 e. The number of Topliss-reactive ketones (excluding diaryl/α,β-unsaturated/α-hetero) is 1. The Balaban J connectivity index is 1.67. The van der Waals surface area contributed by atoms with Gasteiger partial charge < -0.3 is 9.32 Å². The molecule has 3 aliphatic rings. The number of rotatable bonds is 4. The summed E-state index contributed by atoms with van der Waals surface area (Å²) in [5, 5.41) is 4.07. The van der Waals surface area contributed by atoms with E-state index in [1.165, 1.54) is 0 Å². The Bertz CT molecular complexity index is 437. The number of ketones is 1. The zero-order valence-corrected chi connectivity index (χ0v) is 10.6. The largest absolute Gasteiger partial charge is 0.339 e. The number of hydrogen-bond acceptors (Lipinski definition) is 6. The van der Waals surface area contributed by atoms with Crippen LogP contribution in [0.2, 0.25) is 0 Å². The molecule has 0 amide bonds. The molecule has 0 N–H and O–H groups in total. The summed E-state index contributed by atoms with van der Waals surface area (Å²) in [7, 11) is 0. The Morgan fingerprint density at radius 2 is 2.17 bits per heavy atom. The van der Waals surface area contributed by atoms with E-state index in [9.17, 15) is 4.79 Å². The topological polar surface area (TPSA) is 62.5 Å². The van der Waals surface area contributed by atoms with Crippen LogP contribution in [0.25, 0.3) is 0 Å². The molecule has 4 heterocycles. The maximum atomic E-state index is 10.9. The molecule has 6 nitrogen and oxygen atoms in total. The van der Waals surface area contributed by atoms with Crippen LogP contribution in [0.15, 0.2) is 4.52 Å². The summed E-state index contributed by atoms with van der Waals surface area (Å²) in [6, 6.07) is 0.266. The van der Waals surface area contributed by atoms with E-state index in [1.807, 2.05) is 0 Å². The van der Waals surface area contributed by atoms with Crippen LogP contribution in [-0.2, 0) is 11.2 Å². The zero-order valence-electron chi connectivity index (χ0n) is 10.6. The van der Waals surface area contributed by atoms with Gasteiger partial charge in [0.2, 0.25) is 5.89 Å². The molecular formula is C12H18N4O2. The van der Waals surface area contributed by atoms with E-state index in [0.29, 0.717) is 18.7 Å². The minimum absolute atomic E-state index is 0.154. The summed E-state index contributed by atoms with van der Waals surface area (Å²) >= 11 is 0. The first-order valence-corrected chi connectivity index (χ1v) is 6.51. The van der Waals surface area contributed by atoms with Crippen LogP contribution in [-0.4, -0.2) is 58.4 Å². The molecule has 18 heavy (non-hydrogen) atoms. The van der Waals surface area contributed by atoms with Gasteiger partial charge in [-0.1, -0.05) is 5.16 Å². The Kier molecular flexibility index (Phi) is 3.13. The van der Waals surface area contributed by atoms with Crippen molar-refractivity contribution in [2.24, 2.45) is 0 Å². The molecular weight excluding hydrogens is 232 g/mol. The summed E-state index contributed by atoms with van der Waals surface area (Å²) in [6.07, 6.45) is 1.03. The van der Waals surface area contributed by atoms with Crippen molar-refractivity contribution in [1.29, 1.82) is 0 Å². The second-order valence-corrected chi connectivity index (χ2v) is 5.10. The fourth-order valence-corrected chi connectivity index (χ4v) is 2.65. The van der Waals surface area contributed by atoms with Gasteiger partial charge >= 0.3 is 0 Å². The van der Waals surface area contributed by atoms with Gasteiger partial charge in [0, 0.05) is 45.6 Å². The summed E-state index contributed by atoms with van der Waals surface area (Å²) in [6.45, 7) is 7.03. The van der Waals surface area contributed by atoms with Gasteiger partial charge in [-0.2, -0.15) is 4.98 Å². The van der Waals surface area contributed by atoms with Gasteiger partial charge in [-0.3, -0.25) is 9.80 Å². The Morgan fingerprint density at radius 1 is 1.39 bits per heavy atom. The third kappa shape index (κ3) is 2.30.